The molecule has 0 bridgehead atoms. The summed E-state index contributed by atoms with van der Waals surface area (Å²) in [6, 6.07) is 9.17. The summed E-state index contributed by atoms with van der Waals surface area (Å²) in [5.41, 5.74) is 0.798. The molecule has 1 heterocycles. The number of aromatic nitrogens is 1. The number of benzene rings is 2. The van der Waals surface area contributed by atoms with Crippen LogP contribution in [0.15, 0.2) is 47.3 Å². The molecule has 0 aliphatic heterocycles. The predicted octanol–water partition coefficient (Wildman–Crippen LogP) is 4.66. The zero-order valence-electron chi connectivity index (χ0n) is 15.5. The van der Waals surface area contributed by atoms with Gasteiger partial charge in [0.1, 0.15) is 29.0 Å². The highest BCUT2D eigenvalue weighted by Crippen LogP contribution is 2.26. The van der Waals surface area contributed by atoms with Gasteiger partial charge in [0.15, 0.2) is 0 Å². The average Bonchev–Trinajstić information content (AvgIpc) is 2.65. The molecule has 1 aromatic heterocycles. The number of carbonyl (C=O) groups is 1. The van der Waals surface area contributed by atoms with E-state index in [0.29, 0.717) is 16.9 Å². The van der Waals surface area contributed by atoms with E-state index in [2.05, 4.69) is 0 Å². The summed E-state index contributed by atoms with van der Waals surface area (Å²) in [4.78, 5) is 24.2. The molecule has 29 heavy (non-hydrogen) atoms. The first kappa shape index (κ1) is 20.5. The molecular weight excluding hydrogens is 404 g/mol. The van der Waals surface area contributed by atoms with Gasteiger partial charge < -0.3 is 9.84 Å². The number of halogens is 3. The first-order chi connectivity index (χ1) is 13.7. The lowest BCUT2D eigenvalue weighted by molar-refractivity contribution is 0.0696. The molecule has 1 N–H and O–H groups in total. The predicted molar refractivity (Wildman–Crippen MR) is 104 cm³/mol. The van der Waals surface area contributed by atoms with E-state index in [1.807, 2.05) is 0 Å². The SMILES string of the molecule is Cc1c(C(=O)O)cccc1-n1c(C)cc(OCc2ccc(F)cc2F)c(Cl)c1=O. The standard InChI is InChI=1S/C21H16ClF2NO4/c1-11-8-18(29-10-13-6-7-14(23)9-16(13)24)19(22)20(26)25(11)17-5-3-4-15(12(17)2)21(27)28/h3-9H,10H2,1-2H3,(H,27,28). The molecule has 0 saturated heterocycles. The maximum absolute atomic E-state index is 13.8. The number of ether oxygens (including phenoxy) is 1. The molecule has 0 unspecified atom stereocenters. The fraction of sp³-hybridized carbons (Fsp3) is 0.143. The van der Waals surface area contributed by atoms with Crippen molar-refractivity contribution in [2.45, 2.75) is 20.5 Å². The lowest BCUT2D eigenvalue weighted by Crippen LogP contribution is -2.23. The molecule has 0 saturated carbocycles. The maximum atomic E-state index is 13.8. The lowest BCUT2D eigenvalue weighted by Gasteiger charge is -2.17. The van der Waals surface area contributed by atoms with Crippen LogP contribution in [0.3, 0.4) is 0 Å². The monoisotopic (exact) mass is 419 g/mol. The molecule has 0 aliphatic rings. The fourth-order valence-electron chi connectivity index (χ4n) is 2.98. The first-order valence-electron chi connectivity index (χ1n) is 8.53. The molecule has 0 radical (unpaired) electrons. The Morgan fingerprint density at radius 3 is 2.55 bits per heavy atom. The van der Waals surface area contributed by atoms with Gasteiger partial charge in [-0.05, 0) is 43.7 Å². The van der Waals surface area contributed by atoms with Gasteiger partial charge >= 0.3 is 5.97 Å². The van der Waals surface area contributed by atoms with Crippen LogP contribution in [0.4, 0.5) is 8.78 Å². The van der Waals surface area contributed by atoms with Crippen molar-refractivity contribution < 1.29 is 23.4 Å². The van der Waals surface area contributed by atoms with Crippen LogP contribution in [0.5, 0.6) is 5.75 Å². The maximum Gasteiger partial charge on any atom is 0.336 e. The summed E-state index contributed by atoms with van der Waals surface area (Å²) in [6.45, 7) is 2.98. The second-order valence-corrected chi connectivity index (χ2v) is 6.76. The molecule has 5 nitrogen and oxygen atoms in total. The van der Waals surface area contributed by atoms with E-state index in [1.54, 1.807) is 19.9 Å². The number of aryl methyl sites for hydroxylation is 1. The van der Waals surface area contributed by atoms with E-state index in [-0.39, 0.29) is 28.5 Å². The Balaban J connectivity index is 2.00. The van der Waals surface area contributed by atoms with Crippen molar-refractivity contribution in [3.63, 3.8) is 0 Å². The molecular formula is C21H16ClF2NO4. The minimum Gasteiger partial charge on any atom is -0.487 e. The van der Waals surface area contributed by atoms with E-state index in [1.165, 1.54) is 28.8 Å². The van der Waals surface area contributed by atoms with Gasteiger partial charge in [-0.3, -0.25) is 9.36 Å². The van der Waals surface area contributed by atoms with Crippen LogP contribution in [-0.4, -0.2) is 15.6 Å². The number of rotatable bonds is 5. The first-order valence-corrected chi connectivity index (χ1v) is 8.90. The lowest BCUT2D eigenvalue weighted by atomic mass is 10.1. The van der Waals surface area contributed by atoms with Gasteiger partial charge in [0, 0.05) is 23.4 Å². The van der Waals surface area contributed by atoms with E-state index < -0.39 is 23.2 Å². The Morgan fingerprint density at radius 2 is 1.90 bits per heavy atom. The summed E-state index contributed by atoms with van der Waals surface area (Å²) < 4.78 is 33.6. The molecule has 8 heteroatoms. The summed E-state index contributed by atoms with van der Waals surface area (Å²) in [5, 5.41) is 9.07. The number of pyridine rings is 1. The van der Waals surface area contributed by atoms with Crippen LogP contribution in [0.25, 0.3) is 5.69 Å². The summed E-state index contributed by atoms with van der Waals surface area (Å²) >= 11 is 6.18. The van der Waals surface area contributed by atoms with Gasteiger partial charge in [-0.1, -0.05) is 17.7 Å². The summed E-state index contributed by atoms with van der Waals surface area (Å²) in [7, 11) is 0. The summed E-state index contributed by atoms with van der Waals surface area (Å²) in [6.07, 6.45) is 0. The van der Waals surface area contributed by atoms with E-state index in [0.717, 1.165) is 12.1 Å². The van der Waals surface area contributed by atoms with Crippen LogP contribution in [0.1, 0.15) is 27.2 Å². The second kappa shape index (κ2) is 8.05. The zero-order chi connectivity index (χ0) is 21.3. The Labute approximate surface area is 169 Å². The zero-order valence-corrected chi connectivity index (χ0v) is 16.3. The van der Waals surface area contributed by atoms with Crippen LogP contribution in [0.2, 0.25) is 5.02 Å². The highest BCUT2D eigenvalue weighted by Gasteiger charge is 2.18. The fourth-order valence-corrected chi connectivity index (χ4v) is 3.17. The molecule has 150 valence electrons. The third-order valence-corrected chi connectivity index (χ3v) is 4.82. The minimum atomic E-state index is -1.11. The van der Waals surface area contributed by atoms with Crippen molar-refractivity contribution in [1.29, 1.82) is 0 Å². The van der Waals surface area contributed by atoms with Crippen LogP contribution < -0.4 is 10.3 Å². The molecule has 0 atom stereocenters. The minimum absolute atomic E-state index is 0.0428. The number of carboxylic acids is 1. The quantitative estimate of drug-likeness (QED) is 0.653. The summed E-state index contributed by atoms with van der Waals surface area (Å²) in [5.74, 6) is -2.54. The van der Waals surface area contributed by atoms with Gasteiger partial charge in [0.25, 0.3) is 5.56 Å². The van der Waals surface area contributed by atoms with Crippen LogP contribution in [-0.2, 0) is 6.61 Å². The average molecular weight is 420 g/mol. The van der Waals surface area contributed by atoms with Crippen molar-refractivity contribution in [2.75, 3.05) is 0 Å². The Morgan fingerprint density at radius 1 is 1.17 bits per heavy atom. The van der Waals surface area contributed by atoms with Gasteiger partial charge in [-0.15, -0.1) is 0 Å². The molecule has 0 aliphatic carbocycles. The number of hydrogen-bond acceptors (Lipinski definition) is 3. The smallest absolute Gasteiger partial charge is 0.336 e. The highest BCUT2D eigenvalue weighted by atomic mass is 35.5. The van der Waals surface area contributed by atoms with E-state index in [4.69, 9.17) is 16.3 Å². The Hall–Kier alpha value is -3.19. The van der Waals surface area contributed by atoms with Crippen molar-refractivity contribution in [1.82, 2.24) is 4.57 Å². The molecule has 0 fully saturated rings. The van der Waals surface area contributed by atoms with Crippen molar-refractivity contribution in [3.05, 3.63) is 91.9 Å². The second-order valence-electron chi connectivity index (χ2n) is 6.38. The number of hydrogen-bond donors (Lipinski definition) is 1. The molecule has 2 aromatic carbocycles. The van der Waals surface area contributed by atoms with Crippen LogP contribution in [0, 0.1) is 25.5 Å². The molecule has 0 spiro atoms. The molecule has 3 rings (SSSR count). The van der Waals surface area contributed by atoms with Gasteiger partial charge in [-0.2, -0.15) is 0 Å². The van der Waals surface area contributed by atoms with Gasteiger partial charge in [0.05, 0.1) is 11.3 Å². The largest absolute Gasteiger partial charge is 0.487 e. The van der Waals surface area contributed by atoms with Crippen LogP contribution >= 0.6 is 11.6 Å². The van der Waals surface area contributed by atoms with Crippen molar-refractivity contribution >= 4 is 17.6 Å². The van der Waals surface area contributed by atoms with Crippen molar-refractivity contribution in [3.8, 4) is 11.4 Å². The third-order valence-electron chi connectivity index (χ3n) is 4.47. The molecule has 0 amide bonds. The van der Waals surface area contributed by atoms with Gasteiger partial charge in [-0.25, -0.2) is 13.6 Å². The topological polar surface area (TPSA) is 68.5 Å². The Bertz CT molecular complexity index is 1170. The van der Waals surface area contributed by atoms with E-state index >= 15 is 0 Å². The highest BCUT2D eigenvalue weighted by molar-refractivity contribution is 6.31. The number of nitrogens with zero attached hydrogens (tertiary/aromatic N) is 1. The number of aromatic carboxylic acids is 1. The Kier molecular flexibility index (Phi) is 5.70. The number of carboxylic acid groups (broad SMARTS) is 1. The van der Waals surface area contributed by atoms with Crippen molar-refractivity contribution in [2.24, 2.45) is 0 Å². The van der Waals surface area contributed by atoms with E-state index in [9.17, 15) is 23.5 Å². The van der Waals surface area contributed by atoms with Gasteiger partial charge in [0.2, 0.25) is 0 Å². The third kappa shape index (κ3) is 4.00. The normalized spacial score (nSPS) is 10.8. The molecule has 3 aromatic rings.